The molecule has 1 aromatic carbocycles. The third-order valence-corrected chi connectivity index (χ3v) is 5.90. The van der Waals surface area contributed by atoms with Gasteiger partial charge >= 0.3 is 12.1 Å². The van der Waals surface area contributed by atoms with Crippen LogP contribution in [-0.2, 0) is 12.1 Å². The first-order chi connectivity index (χ1) is 16.1. The monoisotopic (exact) mass is 493 g/mol. The SMILES string of the molecule is OC(O)(O)c1ccccc1-c1nc(NSc2cccc(N3CCNCC3)n2)ccc1C(F)(F)F. The molecule has 1 aliphatic heterocycles. The highest BCUT2D eigenvalue weighted by Crippen LogP contribution is 2.39. The quantitative estimate of drug-likeness (QED) is 0.261. The number of pyridine rings is 2. The first kappa shape index (κ1) is 24.2. The van der Waals surface area contributed by atoms with Gasteiger partial charge in [-0.25, -0.2) is 9.97 Å². The minimum absolute atomic E-state index is 0.0941. The zero-order valence-corrected chi connectivity index (χ0v) is 18.6. The summed E-state index contributed by atoms with van der Waals surface area (Å²) >= 11 is 1.08. The van der Waals surface area contributed by atoms with Crippen molar-refractivity contribution in [1.29, 1.82) is 0 Å². The summed E-state index contributed by atoms with van der Waals surface area (Å²) in [6, 6.07) is 12.6. The van der Waals surface area contributed by atoms with Crippen molar-refractivity contribution >= 4 is 23.6 Å². The number of hydrogen-bond acceptors (Lipinski definition) is 9. The van der Waals surface area contributed by atoms with Crippen molar-refractivity contribution in [2.24, 2.45) is 0 Å². The van der Waals surface area contributed by atoms with Crippen LogP contribution in [0.3, 0.4) is 0 Å². The molecular weight excluding hydrogens is 471 g/mol. The second-order valence-electron chi connectivity index (χ2n) is 7.55. The van der Waals surface area contributed by atoms with Crippen LogP contribution < -0.4 is 14.9 Å². The number of benzene rings is 1. The number of nitrogens with zero attached hydrogens (tertiary/aromatic N) is 3. The number of hydrogen-bond donors (Lipinski definition) is 5. The molecule has 12 heteroatoms. The van der Waals surface area contributed by atoms with E-state index in [4.69, 9.17) is 0 Å². The third-order valence-electron chi connectivity index (χ3n) is 5.15. The molecule has 1 fully saturated rings. The van der Waals surface area contributed by atoms with E-state index in [0.717, 1.165) is 56.1 Å². The normalized spacial score (nSPS) is 14.8. The Bertz CT molecular complexity index is 1150. The Labute approximate surface area is 197 Å². The maximum atomic E-state index is 13.7. The lowest BCUT2D eigenvalue weighted by atomic mass is 9.98. The fourth-order valence-electron chi connectivity index (χ4n) is 3.57. The van der Waals surface area contributed by atoms with Crippen LogP contribution in [0.2, 0.25) is 0 Å². The number of halogens is 3. The van der Waals surface area contributed by atoms with E-state index in [1.54, 1.807) is 6.07 Å². The molecule has 180 valence electrons. The van der Waals surface area contributed by atoms with Crippen molar-refractivity contribution in [3.05, 3.63) is 65.7 Å². The first-order valence-corrected chi connectivity index (χ1v) is 11.2. The molecule has 1 saturated heterocycles. The molecule has 8 nitrogen and oxygen atoms in total. The van der Waals surface area contributed by atoms with Gasteiger partial charge in [0.15, 0.2) is 0 Å². The van der Waals surface area contributed by atoms with Gasteiger partial charge in [0.2, 0.25) is 0 Å². The first-order valence-electron chi connectivity index (χ1n) is 10.3. The summed E-state index contributed by atoms with van der Waals surface area (Å²) in [5, 5.41) is 32.8. The lowest BCUT2D eigenvalue weighted by molar-refractivity contribution is -0.323. The van der Waals surface area contributed by atoms with Gasteiger partial charge in [0, 0.05) is 49.3 Å². The van der Waals surface area contributed by atoms with Crippen molar-refractivity contribution in [3.63, 3.8) is 0 Å². The molecule has 3 heterocycles. The van der Waals surface area contributed by atoms with Gasteiger partial charge in [-0.3, -0.25) is 0 Å². The zero-order chi connectivity index (χ0) is 24.3. The fourth-order valence-corrected chi connectivity index (χ4v) is 4.18. The molecular formula is C22H22F3N5O3S. The van der Waals surface area contributed by atoms with Gasteiger partial charge in [-0.1, -0.05) is 30.3 Å². The third kappa shape index (κ3) is 5.59. The van der Waals surface area contributed by atoms with Gasteiger partial charge in [-0.15, -0.1) is 0 Å². The van der Waals surface area contributed by atoms with Crippen molar-refractivity contribution < 1.29 is 28.5 Å². The Balaban J connectivity index is 1.63. The molecule has 4 rings (SSSR count). The Kier molecular flexibility index (Phi) is 6.96. The lowest BCUT2D eigenvalue weighted by Crippen LogP contribution is -2.43. The largest absolute Gasteiger partial charge is 0.418 e. The van der Waals surface area contributed by atoms with Crippen molar-refractivity contribution in [1.82, 2.24) is 15.3 Å². The summed E-state index contributed by atoms with van der Waals surface area (Å²) in [6.07, 6.45) is -4.76. The van der Waals surface area contributed by atoms with Gasteiger partial charge in [-0.05, 0) is 24.3 Å². The number of aliphatic hydroxyl groups is 3. The van der Waals surface area contributed by atoms with Crippen LogP contribution in [0.5, 0.6) is 0 Å². The highest BCUT2D eigenvalue weighted by molar-refractivity contribution is 8.00. The van der Waals surface area contributed by atoms with Crippen LogP contribution in [0.25, 0.3) is 11.3 Å². The Morgan fingerprint density at radius 1 is 0.882 bits per heavy atom. The summed E-state index contributed by atoms with van der Waals surface area (Å²) in [7, 11) is 0. The molecule has 2 aromatic heterocycles. The molecule has 0 aliphatic carbocycles. The highest BCUT2D eigenvalue weighted by Gasteiger charge is 2.37. The average molecular weight is 494 g/mol. The molecule has 1 aliphatic rings. The number of piperazine rings is 1. The Hall–Kier alpha value is -2.90. The standard InChI is InChI=1S/C22H22F3N5O3S/c23-21(24,25)16-8-9-17(27-20(16)14-4-1-2-5-15(14)22(31,32)33)29-34-19-7-3-6-18(28-19)30-12-10-26-11-13-30/h1-9,26,31-33H,10-13H2,(H,27,29). The predicted octanol–water partition coefficient (Wildman–Crippen LogP) is 2.78. The Morgan fingerprint density at radius 3 is 2.32 bits per heavy atom. The van der Waals surface area contributed by atoms with Crippen LogP contribution >= 0.6 is 11.9 Å². The molecule has 0 spiro atoms. The average Bonchev–Trinajstić information content (AvgIpc) is 2.82. The second kappa shape index (κ2) is 9.76. The van der Waals surface area contributed by atoms with E-state index >= 15 is 0 Å². The van der Waals surface area contributed by atoms with Crippen molar-refractivity contribution in [2.45, 2.75) is 17.2 Å². The van der Waals surface area contributed by atoms with Gasteiger partial charge in [-0.2, -0.15) is 13.2 Å². The number of aromatic nitrogens is 2. The number of anilines is 2. The van der Waals surface area contributed by atoms with E-state index in [-0.39, 0.29) is 11.4 Å². The van der Waals surface area contributed by atoms with Gasteiger partial charge < -0.3 is 30.3 Å². The number of nitrogens with one attached hydrogen (secondary N) is 2. The molecule has 0 amide bonds. The van der Waals surface area contributed by atoms with Crippen LogP contribution in [0.4, 0.5) is 24.8 Å². The fraction of sp³-hybridized carbons (Fsp3) is 0.273. The lowest BCUT2D eigenvalue weighted by Gasteiger charge is -2.28. The van der Waals surface area contributed by atoms with Crippen molar-refractivity contribution in [3.8, 4) is 11.3 Å². The van der Waals surface area contributed by atoms with Crippen LogP contribution in [0.15, 0.2) is 59.6 Å². The second-order valence-corrected chi connectivity index (χ2v) is 8.37. The van der Waals surface area contributed by atoms with Gasteiger partial charge in [0.25, 0.3) is 0 Å². The molecule has 5 N–H and O–H groups in total. The topological polar surface area (TPSA) is 114 Å². The van der Waals surface area contributed by atoms with Crippen LogP contribution in [-0.4, -0.2) is 51.5 Å². The molecule has 3 aromatic rings. The maximum Gasteiger partial charge on any atom is 0.418 e. The van der Waals surface area contributed by atoms with E-state index in [1.165, 1.54) is 24.3 Å². The van der Waals surface area contributed by atoms with Crippen molar-refractivity contribution in [2.75, 3.05) is 35.8 Å². The van der Waals surface area contributed by atoms with Crippen LogP contribution in [0.1, 0.15) is 11.1 Å². The number of rotatable bonds is 6. The molecule has 0 atom stereocenters. The molecule has 0 unspecified atom stereocenters. The summed E-state index contributed by atoms with van der Waals surface area (Å²) < 4.78 is 44.0. The minimum Gasteiger partial charge on any atom is -0.354 e. The molecule has 0 bridgehead atoms. The van der Waals surface area contributed by atoms with E-state index in [2.05, 4.69) is 24.9 Å². The smallest absolute Gasteiger partial charge is 0.354 e. The summed E-state index contributed by atoms with van der Waals surface area (Å²) in [5.74, 6) is -2.45. The number of alkyl halides is 3. The molecule has 0 saturated carbocycles. The van der Waals surface area contributed by atoms with E-state index in [9.17, 15) is 28.5 Å². The molecule has 0 radical (unpaired) electrons. The Morgan fingerprint density at radius 2 is 1.62 bits per heavy atom. The maximum absolute atomic E-state index is 13.7. The summed E-state index contributed by atoms with van der Waals surface area (Å²) in [6.45, 7) is 3.35. The van der Waals surface area contributed by atoms with E-state index in [0.29, 0.717) is 5.03 Å². The highest BCUT2D eigenvalue weighted by atomic mass is 32.2. The molecule has 34 heavy (non-hydrogen) atoms. The van der Waals surface area contributed by atoms with E-state index in [1.807, 2.05) is 12.1 Å². The summed E-state index contributed by atoms with van der Waals surface area (Å²) in [4.78, 5) is 10.8. The van der Waals surface area contributed by atoms with Gasteiger partial charge in [0.1, 0.15) is 16.7 Å². The predicted molar refractivity (Wildman–Crippen MR) is 122 cm³/mol. The summed E-state index contributed by atoms with van der Waals surface area (Å²) in [5.41, 5.74) is -2.44. The van der Waals surface area contributed by atoms with Crippen LogP contribution in [0, 0.1) is 0 Å². The van der Waals surface area contributed by atoms with E-state index < -0.39 is 29.0 Å². The van der Waals surface area contributed by atoms with Gasteiger partial charge in [0.05, 0.1) is 11.3 Å². The minimum atomic E-state index is -4.76. The zero-order valence-electron chi connectivity index (χ0n) is 17.8.